The second kappa shape index (κ2) is 5.81. The Bertz CT molecular complexity index is 1250. The molecule has 134 valence electrons. The van der Waals surface area contributed by atoms with Crippen LogP contribution in [-0.4, -0.2) is 20.4 Å². The van der Waals surface area contributed by atoms with Gasteiger partial charge in [-0.05, 0) is 30.7 Å². The summed E-state index contributed by atoms with van der Waals surface area (Å²) in [5, 5.41) is 4.56. The van der Waals surface area contributed by atoms with E-state index in [2.05, 4.69) is 15.3 Å². The largest absolute Gasteiger partial charge is 0.361 e. The van der Waals surface area contributed by atoms with Crippen molar-refractivity contribution < 1.29 is 4.79 Å². The number of aromatic nitrogens is 3. The molecule has 6 heteroatoms. The standard InChI is InChI=1S/C21H18N4O2/c1-12-19-24-17-9-5-3-7-15(17)21(27)25(19)18(20(26)23-12)10-13-11-22-16-8-4-2-6-14(13)16/h2-9,11-12,18,22H,10H2,1H3,(H,23,26)/t12-,18+/m0/s1. The van der Waals surface area contributed by atoms with Crippen LogP contribution < -0.4 is 10.9 Å². The summed E-state index contributed by atoms with van der Waals surface area (Å²) in [6, 6.07) is 14.3. The zero-order valence-electron chi connectivity index (χ0n) is 14.8. The van der Waals surface area contributed by atoms with Crippen LogP contribution in [0.1, 0.15) is 30.4 Å². The second-order valence-electron chi connectivity index (χ2n) is 6.97. The maximum Gasteiger partial charge on any atom is 0.262 e. The van der Waals surface area contributed by atoms with Gasteiger partial charge in [-0.25, -0.2) is 4.98 Å². The van der Waals surface area contributed by atoms with Crippen molar-refractivity contribution in [3.05, 3.63) is 76.5 Å². The van der Waals surface area contributed by atoms with E-state index in [9.17, 15) is 9.59 Å². The number of nitrogens with zero attached hydrogens (tertiary/aromatic N) is 2. The smallest absolute Gasteiger partial charge is 0.262 e. The van der Waals surface area contributed by atoms with Crippen LogP contribution in [0, 0.1) is 0 Å². The van der Waals surface area contributed by atoms with Gasteiger partial charge in [0.05, 0.1) is 16.9 Å². The SMILES string of the molecule is C[C@@H]1NC(=O)[C@@H](Cc2c[nH]c3ccccc23)n2c1nc1ccccc1c2=O. The Morgan fingerprint density at radius 1 is 1.04 bits per heavy atom. The summed E-state index contributed by atoms with van der Waals surface area (Å²) >= 11 is 0. The first-order chi connectivity index (χ1) is 13.1. The highest BCUT2D eigenvalue weighted by Crippen LogP contribution is 2.28. The van der Waals surface area contributed by atoms with Gasteiger partial charge in [-0.2, -0.15) is 0 Å². The van der Waals surface area contributed by atoms with E-state index >= 15 is 0 Å². The Balaban J connectivity index is 1.70. The third-order valence-electron chi connectivity index (χ3n) is 5.28. The number of aromatic amines is 1. The fourth-order valence-corrected chi connectivity index (χ4v) is 3.95. The molecule has 2 aromatic heterocycles. The van der Waals surface area contributed by atoms with E-state index in [-0.39, 0.29) is 17.5 Å². The number of benzene rings is 2. The Kier molecular flexibility index (Phi) is 3.40. The highest BCUT2D eigenvalue weighted by molar-refractivity contribution is 5.87. The van der Waals surface area contributed by atoms with Crippen LogP contribution in [0.3, 0.4) is 0 Å². The monoisotopic (exact) mass is 358 g/mol. The predicted octanol–water partition coefficient (Wildman–Crippen LogP) is 2.85. The number of fused-ring (bicyclic) bond motifs is 3. The van der Waals surface area contributed by atoms with Crippen molar-refractivity contribution in [1.82, 2.24) is 19.9 Å². The van der Waals surface area contributed by atoms with Crippen molar-refractivity contribution in [2.75, 3.05) is 0 Å². The van der Waals surface area contributed by atoms with Gasteiger partial charge in [0.15, 0.2) is 0 Å². The van der Waals surface area contributed by atoms with Crippen LogP contribution in [0.25, 0.3) is 21.8 Å². The molecule has 0 saturated carbocycles. The lowest BCUT2D eigenvalue weighted by molar-refractivity contribution is -0.126. The highest BCUT2D eigenvalue weighted by Gasteiger charge is 2.34. The fourth-order valence-electron chi connectivity index (χ4n) is 3.95. The first-order valence-electron chi connectivity index (χ1n) is 9.00. The maximum absolute atomic E-state index is 13.2. The van der Waals surface area contributed by atoms with Gasteiger partial charge < -0.3 is 10.3 Å². The number of hydrogen-bond acceptors (Lipinski definition) is 3. The predicted molar refractivity (Wildman–Crippen MR) is 104 cm³/mol. The van der Waals surface area contributed by atoms with Crippen LogP contribution in [0.15, 0.2) is 59.5 Å². The lowest BCUT2D eigenvalue weighted by Crippen LogP contribution is -2.47. The average molecular weight is 358 g/mol. The molecule has 2 aromatic carbocycles. The summed E-state index contributed by atoms with van der Waals surface area (Å²) in [6.45, 7) is 1.85. The van der Waals surface area contributed by atoms with E-state index in [1.165, 1.54) is 0 Å². The van der Waals surface area contributed by atoms with E-state index in [1.54, 1.807) is 10.6 Å². The first kappa shape index (κ1) is 15.8. The quantitative estimate of drug-likeness (QED) is 0.578. The summed E-state index contributed by atoms with van der Waals surface area (Å²) in [5.41, 5.74) is 2.51. The van der Waals surface area contributed by atoms with Crippen LogP contribution >= 0.6 is 0 Å². The molecule has 27 heavy (non-hydrogen) atoms. The molecule has 1 aliphatic rings. The molecule has 5 rings (SSSR count). The maximum atomic E-state index is 13.2. The minimum atomic E-state index is -0.625. The van der Waals surface area contributed by atoms with Crippen LogP contribution in [0.5, 0.6) is 0 Å². The number of hydrogen-bond donors (Lipinski definition) is 2. The number of H-pyrrole nitrogens is 1. The number of nitrogens with one attached hydrogen (secondary N) is 2. The topological polar surface area (TPSA) is 79.8 Å². The van der Waals surface area contributed by atoms with E-state index in [0.717, 1.165) is 16.5 Å². The van der Waals surface area contributed by atoms with Crippen molar-refractivity contribution in [3.8, 4) is 0 Å². The lowest BCUT2D eigenvalue weighted by atomic mass is 10.0. The van der Waals surface area contributed by atoms with Crippen molar-refractivity contribution in [3.63, 3.8) is 0 Å². The van der Waals surface area contributed by atoms with Gasteiger partial charge in [-0.1, -0.05) is 30.3 Å². The molecule has 4 aromatic rings. The molecule has 0 spiro atoms. The minimum absolute atomic E-state index is 0.153. The molecule has 1 aliphatic heterocycles. The van der Waals surface area contributed by atoms with Crippen LogP contribution in [0.4, 0.5) is 0 Å². The van der Waals surface area contributed by atoms with Gasteiger partial charge in [0, 0.05) is 23.5 Å². The van der Waals surface area contributed by atoms with Gasteiger partial charge in [0.2, 0.25) is 5.91 Å². The van der Waals surface area contributed by atoms with Crippen molar-refractivity contribution in [1.29, 1.82) is 0 Å². The van der Waals surface area contributed by atoms with Gasteiger partial charge in [-0.15, -0.1) is 0 Å². The summed E-state index contributed by atoms with van der Waals surface area (Å²) in [7, 11) is 0. The summed E-state index contributed by atoms with van der Waals surface area (Å²) in [4.78, 5) is 33.9. The van der Waals surface area contributed by atoms with Crippen molar-refractivity contribution >= 4 is 27.7 Å². The highest BCUT2D eigenvalue weighted by atomic mass is 16.2. The number of para-hydroxylation sites is 2. The van der Waals surface area contributed by atoms with Gasteiger partial charge in [0.1, 0.15) is 11.9 Å². The molecule has 6 nitrogen and oxygen atoms in total. The van der Waals surface area contributed by atoms with E-state index < -0.39 is 6.04 Å². The van der Waals surface area contributed by atoms with Gasteiger partial charge >= 0.3 is 0 Å². The minimum Gasteiger partial charge on any atom is -0.361 e. The normalized spacial score (nSPS) is 19.2. The second-order valence-corrected chi connectivity index (χ2v) is 6.97. The lowest BCUT2D eigenvalue weighted by Gasteiger charge is -2.31. The Labute approximate surface area is 154 Å². The number of carbonyl (C=O) groups excluding carboxylic acids is 1. The van der Waals surface area contributed by atoms with Crippen LogP contribution in [-0.2, 0) is 11.2 Å². The number of carbonyl (C=O) groups is 1. The van der Waals surface area contributed by atoms with E-state index in [1.807, 2.05) is 55.6 Å². The average Bonchev–Trinajstić information content (AvgIpc) is 3.08. The zero-order chi connectivity index (χ0) is 18.5. The molecule has 0 aliphatic carbocycles. The zero-order valence-corrected chi connectivity index (χ0v) is 14.8. The van der Waals surface area contributed by atoms with E-state index in [0.29, 0.717) is 23.1 Å². The molecule has 3 heterocycles. The Morgan fingerprint density at radius 3 is 2.63 bits per heavy atom. The van der Waals surface area contributed by atoms with Gasteiger partial charge in [0.25, 0.3) is 5.56 Å². The number of amides is 1. The first-order valence-corrected chi connectivity index (χ1v) is 9.00. The van der Waals surface area contributed by atoms with E-state index in [4.69, 9.17) is 0 Å². The molecule has 0 bridgehead atoms. The molecule has 0 radical (unpaired) electrons. The third kappa shape index (κ3) is 2.37. The van der Waals surface area contributed by atoms with Crippen molar-refractivity contribution in [2.45, 2.75) is 25.4 Å². The number of rotatable bonds is 2. The van der Waals surface area contributed by atoms with Crippen LogP contribution in [0.2, 0.25) is 0 Å². The molecule has 0 saturated heterocycles. The third-order valence-corrected chi connectivity index (χ3v) is 5.28. The molecular formula is C21H18N4O2. The fraction of sp³-hybridized carbons (Fsp3) is 0.190. The Hall–Kier alpha value is -3.41. The molecular weight excluding hydrogens is 340 g/mol. The van der Waals surface area contributed by atoms with Gasteiger partial charge in [-0.3, -0.25) is 14.2 Å². The summed E-state index contributed by atoms with van der Waals surface area (Å²) < 4.78 is 1.58. The molecule has 2 N–H and O–H groups in total. The molecule has 0 fully saturated rings. The molecule has 0 unspecified atom stereocenters. The summed E-state index contributed by atoms with van der Waals surface area (Å²) in [6.07, 6.45) is 2.34. The molecule has 1 amide bonds. The summed E-state index contributed by atoms with van der Waals surface area (Å²) in [5.74, 6) is 0.447. The van der Waals surface area contributed by atoms with Crippen molar-refractivity contribution in [2.24, 2.45) is 0 Å². The molecule has 2 atom stereocenters. The Morgan fingerprint density at radius 2 is 1.78 bits per heavy atom.